The molecule has 0 saturated carbocycles. The lowest BCUT2D eigenvalue weighted by atomic mass is 10.0. The van der Waals surface area contributed by atoms with Crippen molar-refractivity contribution in [2.24, 2.45) is 0 Å². The largest absolute Gasteiger partial charge is 0.435 e. The maximum Gasteiger partial charge on any atom is 0.387 e. The van der Waals surface area contributed by atoms with Crippen molar-refractivity contribution >= 4 is 17.2 Å². The van der Waals surface area contributed by atoms with Crippen LogP contribution in [0.2, 0.25) is 0 Å². The minimum Gasteiger partial charge on any atom is -0.435 e. The van der Waals surface area contributed by atoms with E-state index < -0.39 is 6.61 Å². The molecule has 3 aromatic heterocycles. The summed E-state index contributed by atoms with van der Waals surface area (Å²) in [6, 6.07) is 9.80. The highest BCUT2D eigenvalue weighted by molar-refractivity contribution is 6.09. The molecule has 0 spiro atoms. The van der Waals surface area contributed by atoms with E-state index in [1.54, 1.807) is 34.1 Å². The molecular formula is C21H17F2N5O2. The number of anilines is 1. The molecule has 0 unspecified atom stereocenters. The van der Waals surface area contributed by atoms with E-state index in [1.165, 1.54) is 12.1 Å². The number of hydrogen-bond acceptors (Lipinski definition) is 4. The first-order chi connectivity index (χ1) is 14.5. The van der Waals surface area contributed by atoms with Crippen LogP contribution in [0.25, 0.3) is 16.8 Å². The van der Waals surface area contributed by atoms with Crippen LogP contribution in [-0.2, 0) is 0 Å². The van der Waals surface area contributed by atoms with Crippen LogP contribution in [0, 0.1) is 0 Å². The first-order valence-corrected chi connectivity index (χ1v) is 9.38. The van der Waals surface area contributed by atoms with E-state index in [0.29, 0.717) is 17.9 Å². The van der Waals surface area contributed by atoms with Gasteiger partial charge >= 0.3 is 6.61 Å². The molecule has 152 valence electrons. The van der Waals surface area contributed by atoms with Gasteiger partial charge in [0.2, 0.25) is 0 Å². The molecule has 0 aliphatic carbocycles. The predicted molar refractivity (Wildman–Crippen MR) is 106 cm³/mol. The Morgan fingerprint density at radius 1 is 1.17 bits per heavy atom. The van der Waals surface area contributed by atoms with Crippen molar-refractivity contribution in [1.82, 2.24) is 19.2 Å². The maximum absolute atomic E-state index is 13.4. The van der Waals surface area contributed by atoms with Crippen molar-refractivity contribution in [1.29, 1.82) is 0 Å². The number of nitrogens with zero attached hydrogens (tertiary/aromatic N) is 5. The van der Waals surface area contributed by atoms with Crippen LogP contribution < -0.4 is 9.64 Å². The van der Waals surface area contributed by atoms with Crippen LogP contribution >= 0.6 is 0 Å². The third kappa shape index (κ3) is 2.99. The van der Waals surface area contributed by atoms with Gasteiger partial charge in [-0.1, -0.05) is 0 Å². The predicted octanol–water partition coefficient (Wildman–Crippen LogP) is 4.02. The highest BCUT2D eigenvalue weighted by Crippen LogP contribution is 2.33. The van der Waals surface area contributed by atoms with Gasteiger partial charge in [0.1, 0.15) is 17.1 Å². The molecule has 30 heavy (non-hydrogen) atoms. The molecule has 4 heterocycles. The van der Waals surface area contributed by atoms with E-state index >= 15 is 0 Å². The molecular weight excluding hydrogens is 392 g/mol. The number of carbonyl (C=O) groups excluding carboxylic acids is 1. The Hall–Kier alpha value is -3.75. The Morgan fingerprint density at radius 3 is 2.73 bits per heavy atom. The highest BCUT2D eigenvalue weighted by atomic mass is 19.3. The summed E-state index contributed by atoms with van der Waals surface area (Å²) < 4.78 is 32.8. The summed E-state index contributed by atoms with van der Waals surface area (Å²) in [5.74, 6) is -0.153. The zero-order valence-electron chi connectivity index (χ0n) is 15.9. The molecule has 5 rings (SSSR count). The van der Waals surface area contributed by atoms with Gasteiger partial charge in [0.15, 0.2) is 0 Å². The molecule has 0 fully saturated rings. The van der Waals surface area contributed by atoms with Crippen LogP contribution in [0.1, 0.15) is 23.5 Å². The van der Waals surface area contributed by atoms with Crippen molar-refractivity contribution in [2.45, 2.75) is 19.6 Å². The Kier molecular flexibility index (Phi) is 4.23. The molecule has 1 aliphatic heterocycles. The lowest BCUT2D eigenvalue weighted by Gasteiger charge is -2.32. The van der Waals surface area contributed by atoms with Gasteiger partial charge in [-0.15, -0.1) is 0 Å². The van der Waals surface area contributed by atoms with Crippen molar-refractivity contribution in [2.75, 3.05) is 11.4 Å². The zero-order valence-corrected chi connectivity index (χ0v) is 15.9. The van der Waals surface area contributed by atoms with Crippen molar-refractivity contribution < 1.29 is 18.3 Å². The molecule has 4 aromatic rings. The molecule has 0 bridgehead atoms. The number of benzene rings is 1. The lowest BCUT2D eigenvalue weighted by molar-refractivity contribution is -0.0498. The van der Waals surface area contributed by atoms with E-state index in [2.05, 4.69) is 14.8 Å². The van der Waals surface area contributed by atoms with Crippen molar-refractivity contribution in [3.8, 4) is 16.9 Å². The fourth-order valence-electron chi connectivity index (χ4n) is 3.78. The fourth-order valence-corrected chi connectivity index (χ4v) is 3.78. The van der Waals surface area contributed by atoms with E-state index in [-0.39, 0.29) is 17.7 Å². The molecule has 0 radical (unpaired) electrons. The monoisotopic (exact) mass is 409 g/mol. The van der Waals surface area contributed by atoms with Gasteiger partial charge in [0.05, 0.1) is 12.2 Å². The Morgan fingerprint density at radius 2 is 1.97 bits per heavy atom. The summed E-state index contributed by atoms with van der Waals surface area (Å²) in [6.07, 6.45) is 7.16. The van der Waals surface area contributed by atoms with Gasteiger partial charge in [0, 0.05) is 41.9 Å². The normalized spacial score (nSPS) is 16.3. The quantitative estimate of drug-likeness (QED) is 0.511. The smallest absolute Gasteiger partial charge is 0.387 e. The van der Waals surface area contributed by atoms with Gasteiger partial charge in [0.25, 0.3) is 5.91 Å². The number of halogens is 2. The standard InChI is InChI=1S/C21H17F2N5O2/c1-13-11-27(15-3-5-16(6-4-15)30-21(22)23)20(29)19-17(10-25-28(13)19)14-2-7-18-24-8-9-26(18)12-14/h2-10,12-13,21H,11H2,1H3/t13-/m0/s1. The molecule has 9 heteroatoms. The third-order valence-electron chi connectivity index (χ3n) is 5.18. The molecule has 1 amide bonds. The molecule has 7 nitrogen and oxygen atoms in total. The van der Waals surface area contributed by atoms with Crippen molar-refractivity contribution in [3.63, 3.8) is 0 Å². The molecule has 0 N–H and O–H groups in total. The zero-order chi connectivity index (χ0) is 20.8. The number of ether oxygens (including phenoxy) is 1. The van der Waals surface area contributed by atoms with Gasteiger partial charge < -0.3 is 14.0 Å². The highest BCUT2D eigenvalue weighted by Gasteiger charge is 2.33. The van der Waals surface area contributed by atoms with E-state index in [0.717, 1.165) is 16.8 Å². The lowest BCUT2D eigenvalue weighted by Crippen LogP contribution is -2.42. The summed E-state index contributed by atoms with van der Waals surface area (Å²) in [4.78, 5) is 19.3. The SMILES string of the molecule is C[C@H]1CN(c2ccc(OC(F)F)cc2)C(=O)c2c(-c3ccc4nccn4c3)cnn21. The number of alkyl halides is 2. The van der Waals surface area contributed by atoms with Crippen LogP contribution in [0.5, 0.6) is 5.75 Å². The Balaban J connectivity index is 1.52. The Labute approximate surface area is 170 Å². The Bertz CT molecular complexity index is 1230. The van der Waals surface area contributed by atoms with Gasteiger partial charge in [-0.2, -0.15) is 13.9 Å². The summed E-state index contributed by atoms with van der Waals surface area (Å²) in [7, 11) is 0. The molecule has 1 atom stereocenters. The number of aromatic nitrogens is 4. The van der Waals surface area contributed by atoms with Gasteiger partial charge in [-0.05, 0) is 43.3 Å². The summed E-state index contributed by atoms with van der Waals surface area (Å²) >= 11 is 0. The first kappa shape index (κ1) is 18.3. The summed E-state index contributed by atoms with van der Waals surface area (Å²) in [5.41, 5.74) is 3.49. The maximum atomic E-state index is 13.4. The minimum absolute atomic E-state index is 0.0469. The fraction of sp³-hybridized carbons (Fsp3) is 0.190. The van der Waals surface area contributed by atoms with E-state index in [1.807, 2.05) is 35.9 Å². The number of fused-ring (bicyclic) bond motifs is 2. The first-order valence-electron chi connectivity index (χ1n) is 9.38. The van der Waals surface area contributed by atoms with Crippen LogP contribution in [-0.4, -0.2) is 38.2 Å². The van der Waals surface area contributed by atoms with Gasteiger partial charge in [-0.3, -0.25) is 9.48 Å². The van der Waals surface area contributed by atoms with Crippen molar-refractivity contribution in [3.05, 3.63) is 66.9 Å². The summed E-state index contributed by atoms with van der Waals surface area (Å²) in [6.45, 7) is -0.493. The van der Waals surface area contributed by atoms with Crippen LogP contribution in [0.15, 0.2) is 61.2 Å². The molecule has 1 aliphatic rings. The topological polar surface area (TPSA) is 64.7 Å². The van der Waals surface area contributed by atoms with Crippen LogP contribution in [0.4, 0.5) is 14.5 Å². The minimum atomic E-state index is -2.89. The molecule has 1 aromatic carbocycles. The van der Waals surface area contributed by atoms with E-state index in [4.69, 9.17) is 0 Å². The van der Waals surface area contributed by atoms with Gasteiger partial charge in [-0.25, -0.2) is 4.98 Å². The third-order valence-corrected chi connectivity index (χ3v) is 5.18. The second kappa shape index (κ2) is 6.94. The second-order valence-electron chi connectivity index (χ2n) is 7.10. The average Bonchev–Trinajstić information content (AvgIpc) is 3.37. The average molecular weight is 409 g/mol. The number of rotatable bonds is 4. The number of imidazole rings is 1. The number of amides is 1. The van der Waals surface area contributed by atoms with Crippen LogP contribution in [0.3, 0.4) is 0 Å². The number of hydrogen-bond donors (Lipinski definition) is 0. The summed E-state index contributed by atoms with van der Waals surface area (Å²) in [5, 5.41) is 4.45. The number of carbonyl (C=O) groups is 1. The molecule has 0 saturated heterocycles. The second-order valence-corrected chi connectivity index (χ2v) is 7.10. The number of pyridine rings is 1. The van der Waals surface area contributed by atoms with E-state index in [9.17, 15) is 13.6 Å².